The highest BCUT2D eigenvalue weighted by molar-refractivity contribution is 5.86. The van der Waals surface area contributed by atoms with Crippen LogP contribution in [-0.2, 0) is 11.0 Å². The SMILES string of the molecule is CC(=O)N1CCC(=C(c2ccc(-c3cccc(C#N)c3)cc2)c2nc3cc(F)c(C(F)(F)F)cc3[nH]2)CC1. The van der Waals surface area contributed by atoms with Gasteiger partial charge in [-0.05, 0) is 47.7 Å². The number of halogens is 4. The molecule has 1 aromatic heterocycles. The van der Waals surface area contributed by atoms with E-state index in [2.05, 4.69) is 16.0 Å². The second-order valence-corrected chi connectivity index (χ2v) is 9.19. The van der Waals surface area contributed by atoms with Crippen LogP contribution >= 0.6 is 0 Å². The van der Waals surface area contributed by atoms with E-state index in [-0.39, 0.29) is 16.9 Å². The number of nitrogens with zero attached hydrogens (tertiary/aromatic N) is 3. The van der Waals surface area contributed by atoms with Crippen LogP contribution in [-0.4, -0.2) is 33.9 Å². The maximum atomic E-state index is 14.2. The van der Waals surface area contributed by atoms with E-state index >= 15 is 0 Å². The third kappa shape index (κ3) is 4.90. The molecule has 0 aliphatic carbocycles. The first-order chi connectivity index (χ1) is 18.1. The van der Waals surface area contributed by atoms with Crippen LogP contribution in [0.25, 0.3) is 27.7 Å². The summed E-state index contributed by atoms with van der Waals surface area (Å²) in [5, 5.41) is 9.21. The molecule has 5 nitrogen and oxygen atoms in total. The number of alkyl halides is 3. The Morgan fingerprint density at radius 1 is 1.03 bits per heavy atom. The van der Waals surface area contributed by atoms with Crippen LogP contribution in [0.15, 0.2) is 66.2 Å². The molecule has 5 rings (SSSR count). The zero-order valence-electron chi connectivity index (χ0n) is 20.4. The van der Waals surface area contributed by atoms with E-state index in [0.29, 0.717) is 37.3 Å². The van der Waals surface area contributed by atoms with Gasteiger partial charge in [-0.3, -0.25) is 4.79 Å². The largest absolute Gasteiger partial charge is 0.419 e. The minimum atomic E-state index is -4.83. The number of benzene rings is 3. The van der Waals surface area contributed by atoms with Gasteiger partial charge in [0.2, 0.25) is 5.91 Å². The van der Waals surface area contributed by atoms with Gasteiger partial charge < -0.3 is 9.88 Å². The fraction of sp³-hybridized carbons (Fsp3) is 0.207. The fourth-order valence-corrected chi connectivity index (χ4v) is 4.81. The summed E-state index contributed by atoms with van der Waals surface area (Å²) >= 11 is 0. The topological polar surface area (TPSA) is 72.8 Å². The number of carbonyl (C=O) groups excluding carboxylic acids is 1. The van der Waals surface area contributed by atoms with Crippen molar-refractivity contribution in [2.24, 2.45) is 0 Å². The molecular weight excluding hydrogens is 496 g/mol. The average Bonchev–Trinajstić information content (AvgIpc) is 3.30. The second kappa shape index (κ2) is 9.78. The lowest BCUT2D eigenvalue weighted by molar-refractivity contribution is -0.139. The molecular formula is C29H22F4N4O. The fourth-order valence-electron chi connectivity index (χ4n) is 4.81. The van der Waals surface area contributed by atoms with E-state index in [1.165, 1.54) is 6.92 Å². The summed E-state index contributed by atoms with van der Waals surface area (Å²) in [6.07, 6.45) is -3.69. The Morgan fingerprint density at radius 3 is 2.37 bits per heavy atom. The number of likely N-dealkylation sites (tertiary alicyclic amines) is 1. The van der Waals surface area contributed by atoms with E-state index in [1.54, 1.807) is 23.1 Å². The maximum Gasteiger partial charge on any atom is 0.419 e. The zero-order chi connectivity index (χ0) is 27.0. The minimum absolute atomic E-state index is 0.0200. The molecule has 9 heteroatoms. The molecule has 192 valence electrons. The molecule has 0 saturated carbocycles. The molecule has 0 spiro atoms. The highest BCUT2D eigenvalue weighted by Crippen LogP contribution is 2.36. The van der Waals surface area contributed by atoms with Crippen LogP contribution in [0.4, 0.5) is 17.6 Å². The van der Waals surface area contributed by atoms with Crippen molar-refractivity contribution in [3.8, 4) is 17.2 Å². The molecule has 0 bridgehead atoms. The molecule has 38 heavy (non-hydrogen) atoms. The molecule has 1 aliphatic heterocycles. The number of aromatic amines is 1. The molecule has 0 radical (unpaired) electrons. The lowest BCUT2D eigenvalue weighted by Crippen LogP contribution is -2.34. The molecule has 1 aliphatic rings. The number of amides is 1. The van der Waals surface area contributed by atoms with Gasteiger partial charge >= 0.3 is 6.18 Å². The van der Waals surface area contributed by atoms with Crippen LogP contribution in [0.1, 0.15) is 42.3 Å². The van der Waals surface area contributed by atoms with Gasteiger partial charge in [-0.25, -0.2) is 9.37 Å². The number of piperidine rings is 1. The molecule has 3 aromatic carbocycles. The van der Waals surface area contributed by atoms with Crippen LogP contribution < -0.4 is 0 Å². The van der Waals surface area contributed by atoms with Crippen molar-refractivity contribution in [3.63, 3.8) is 0 Å². The third-order valence-corrected chi connectivity index (χ3v) is 6.78. The molecule has 1 amide bonds. The molecule has 0 unspecified atom stereocenters. The second-order valence-electron chi connectivity index (χ2n) is 9.19. The van der Waals surface area contributed by atoms with Gasteiger partial charge in [-0.2, -0.15) is 18.4 Å². The van der Waals surface area contributed by atoms with Crippen LogP contribution in [0.3, 0.4) is 0 Å². The molecule has 1 saturated heterocycles. The number of H-pyrrole nitrogens is 1. The quantitative estimate of drug-likeness (QED) is 0.307. The Kier molecular flexibility index (Phi) is 6.49. The third-order valence-electron chi connectivity index (χ3n) is 6.78. The number of aromatic nitrogens is 2. The molecule has 1 fully saturated rings. The highest BCUT2D eigenvalue weighted by Gasteiger charge is 2.35. The lowest BCUT2D eigenvalue weighted by atomic mass is 9.91. The van der Waals surface area contributed by atoms with E-state index < -0.39 is 17.6 Å². The van der Waals surface area contributed by atoms with Crippen molar-refractivity contribution in [2.75, 3.05) is 13.1 Å². The summed E-state index contributed by atoms with van der Waals surface area (Å²) in [7, 11) is 0. The molecule has 0 atom stereocenters. The van der Waals surface area contributed by atoms with Crippen LogP contribution in [0.2, 0.25) is 0 Å². The Labute approximate surface area is 216 Å². The Bertz CT molecular complexity index is 1600. The number of rotatable bonds is 3. The van der Waals surface area contributed by atoms with Crippen molar-refractivity contribution >= 4 is 22.5 Å². The number of fused-ring (bicyclic) bond motifs is 1. The van der Waals surface area contributed by atoms with Crippen molar-refractivity contribution in [2.45, 2.75) is 25.9 Å². The number of hydrogen-bond acceptors (Lipinski definition) is 3. The smallest absolute Gasteiger partial charge is 0.342 e. The van der Waals surface area contributed by atoms with Crippen LogP contribution in [0, 0.1) is 17.1 Å². The van der Waals surface area contributed by atoms with Gasteiger partial charge in [0.1, 0.15) is 11.6 Å². The zero-order valence-corrected chi connectivity index (χ0v) is 20.4. The minimum Gasteiger partial charge on any atom is -0.342 e. The predicted molar refractivity (Wildman–Crippen MR) is 135 cm³/mol. The number of nitrogens with one attached hydrogen (secondary N) is 1. The predicted octanol–water partition coefficient (Wildman–Crippen LogP) is 6.70. The van der Waals surface area contributed by atoms with Gasteiger partial charge in [-0.1, -0.05) is 42.0 Å². The van der Waals surface area contributed by atoms with Crippen molar-refractivity contribution in [3.05, 3.63) is 94.6 Å². The summed E-state index contributed by atoms with van der Waals surface area (Å²) in [6.45, 7) is 2.54. The standard InChI is InChI=1S/C29H22F4N4O/c1-17(38)37-11-9-21(10-12-37)27(20-7-5-19(6-8-20)22-4-2-3-18(13-22)16-34)28-35-25-14-23(29(31,32)33)24(30)15-26(25)36-28/h2-8,13-15H,9-12H2,1H3,(H,35,36). The first-order valence-electron chi connectivity index (χ1n) is 12.0. The summed E-state index contributed by atoms with van der Waals surface area (Å²) in [5.74, 6) is -1.06. The van der Waals surface area contributed by atoms with E-state index in [9.17, 15) is 27.6 Å². The monoisotopic (exact) mass is 518 g/mol. The maximum absolute atomic E-state index is 14.2. The number of imidazole rings is 1. The van der Waals surface area contributed by atoms with Gasteiger partial charge in [-0.15, -0.1) is 0 Å². The number of hydrogen-bond donors (Lipinski definition) is 1. The Balaban J connectivity index is 1.60. The highest BCUT2D eigenvalue weighted by atomic mass is 19.4. The number of carbonyl (C=O) groups is 1. The first-order valence-corrected chi connectivity index (χ1v) is 12.0. The number of nitriles is 1. The summed E-state index contributed by atoms with van der Waals surface area (Å²) in [4.78, 5) is 21.0. The Morgan fingerprint density at radius 2 is 1.74 bits per heavy atom. The normalized spacial score (nSPS) is 14.0. The van der Waals surface area contributed by atoms with Crippen LogP contribution in [0.5, 0.6) is 0 Å². The van der Waals surface area contributed by atoms with Gasteiger partial charge in [0.15, 0.2) is 0 Å². The van der Waals surface area contributed by atoms with E-state index in [4.69, 9.17) is 0 Å². The summed E-state index contributed by atoms with van der Waals surface area (Å²) in [6, 6.07) is 18.5. The van der Waals surface area contributed by atoms with E-state index in [0.717, 1.165) is 40.0 Å². The molecule has 1 N–H and O–H groups in total. The summed E-state index contributed by atoms with van der Waals surface area (Å²) < 4.78 is 54.1. The molecule has 2 heterocycles. The average molecular weight is 519 g/mol. The van der Waals surface area contributed by atoms with Crippen molar-refractivity contribution < 1.29 is 22.4 Å². The van der Waals surface area contributed by atoms with Crippen molar-refractivity contribution in [1.82, 2.24) is 14.9 Å². The van der Waals surface area contributed by atoms with Crippen molar-refractivity contribution in [1.29, 1.82) is 5.26 Å². The van der Waals surface area contributed by atoms with Gasteiger partial charge in [0.05, 0.1) is 28.2 Å². The van der Waals surface area contributed by atoms with E-state index in [1.807, 2.05) is 30.3 Å². The molecule has 4 aromatic rings. The first kappa shape index (κ1) is 25.2. The Hall–Kier alpha value is -4.45. The summed E-state index contributed by atoms with van der Waals surface area (Å²) in [5.41, 5.74) is 3.63. The van der Waals surface area contributed by atoms with Gasteiger partial charge in [0.25, 0.3) is 0 Å². The lowest BCUT2D eigenvalue weighted by Gasteiger charge is -2.29. The van der Waals surface area contributed by atoms with Gasteiger partial charge in [0, 0.05) is 31.7 Å².